The lowest BCUT2D eigenvalue weighted by atomic mass is 10.1. The number of morpholine rings is 1. The number of ether oxygens (including phenoxy) is 3. The van der Waals surface area contributed by atoms with Gasteiger partial charge >= 0.3 is 11.9 Å². The van der Waals surface area contributed by atoms with Gasteiger partial charge in [-0.1, -0.05) is 20.3 Å². The average Bonchev–Trinajstić information content (AvgIpc) is 2.60. The molecule has 1 rings (SSSR count). The maximum absolute atomic E-state index is 11.5. The lowest BCUT2D eigenvalue weighted by Gasteiger charge is -2.26. The third-order valence-corrected chi connectivity index (χ3v) is 4.12. The van der Waals surface area contributed by atoms with Crippen molar-refractivity contribution >= 4 is 11.9 Å². The van der Waals surface area contributed by atoms with Gasteiger partial charge in [-0.3, -0.25) is 4.90 Å². The van der Waals surface area contributed by atoms with E-state index in [-0.39, 0.29) is 0 Å². The zero-order valence-electron chi connectivity index (χ0n) is 15.0. The summed E-state index contributed by atoms with van der Waals surface area (Å²) in [6.45, 7) is 9.51. The Labute approximate surface area is 145 Å². The Morgan fingerprint density at radius 1 is 1.08 bits per heavy atom. The van der Waals surface area contributed by atoms with Gasteiger partial charge in [0.15, 0.2) is 0 Å². The van der Waals surface area contributed by atoms with Crippen molar-refractivity contribution in [1.29, 1.82) is 0 Å². The Bertz CT molecular complexity index is 391. The van der Waals surface area contributed by atoms with Crippen LogP contribution in [-0.4, -0.2) is 62.9 Å². The fourth-order valence-electron chi connectivity index (χ4n) is 2.23. The van der Waals surface area contributed by atoms with Crippen LogP contribution in [0.1, 0.15) is 39.5 Å². The number of nitrogens with zero attached hydrogens (tertiary/aromatic N) is 1. The largest absolute Gasteiger partial charge is 0.463 e. The monoisotopic (exact) mass is 341 g/mol. The second kappa shape index (κ2) is 13.0. The number of rotatable bonds is 11. The molecule has 1 aliphatic rings. The van der Waals surface area contributed by atoms with Crippen molar-refractivity contribution in [3.63, 3.8) is 0 Å². The van der Waals surface area contributed by atoms with Crippen LogP contribution < -0.4 is 0 Å². The number of hydrogen-bond acceptors (Lipinski definition) is 6. The van der Waals surface area contributed by atoms with E-state index in [0.717, 1.165) is 70.7 Å². The molecule has 0 spiro atoms. The minimum absolute atomic E-state index is 0.372. The van der Waals surface area contributed by atoms with Crippen molar-refractivity contribution in [3.8, 4) is 0 Å². The van der Waals surface area contributed by atoms with Gasteiger partial charge in [-0.15, -0.1) is 0 Å². The molecule has 1 saturated heterocycles. The lowest BCUT2D eigenvalue weighted by Crippen LogP contribution is -2.36. The van der Waals surface area contributed by atoms with Crippen molar-refractivity contribution in [1.82, 2.24) is 4.90 Å². The van der Waals surface area contributed by atoms with E-state index in [1.807, 2.05) is 0 Å². The van der Waals surface area contributed by atoms with Gasteiger partial charge in [-0.25, -0.2) is 9.59 Å². The van der Waals surface area contributed by atoms with Gasteiger partial charge in [-0.2, -0.15) is 0 Å². The van der Waals surface area contributed by atoms with Crippen LogP contribution in [0.4, 0.5) is 0 Å². The summed E-state index contributed by atoms with van der Waals surface area (Å²) < 4.78 is 15.4. The van der Waals surface area contributed by atoms with E-state index in [4.69, 9.17) is 14.2 Å². The molecule has 1 aliphatic heterocycles. The molecule has 0 N–H and O–H groups in total. The maximum atomic E-state index is 11.5. The van der Waals surface area contributed by atoms with E-state index < -0.39 is 11.9 Å². The van der Waals surface area contributed by atoms with Crippen LogP contribution in [0.3, 0.4) is 0 Å². The molecule has 0 aromatic carbocycles. The summed E-state index contributed by atoms with van der Waals surface area (Å²) in [4.78, 5) is 25.3. The first kappa shape index (κ1) is 20.6. The summed E-state index contributed by atoms with van der Waals surface area (Å²) in [6, 6.07) is 0. The van der Waals surface area contributed by atoms with Crippen LogP contribution in [0, 0.1) is 5.92 Å². The molecule has 0 radical (unpaired) electrons. The van der Waals surface area contributed by atoms with E-state index in [1.54, 1.807) is 0 Å². The first-order valence-electron chi connectivity index (χ1n) is 8.93. The maximum Gasteiger partial charge on any atom is 0.331 e. The van der Waals surface area contributed by atoms with Crippen LogP contribution in [0.2, 0.25) is 0 Å². The van der Waals surface area contributed by atoms with E-state index in [0.29, 0.717) is 19.1 Å². The van der Waals surface area contributed by atoms with Gasteiger partial charge in [0.1, 0.15) is 0 Å². The van der Waals surface area contributed by atoms with Crippen LogP contribution in [0.25, 0.3) is 0 Å². The molecule has 1 heterocycles. The van der Waals surface area contributed by atoms with Gasteiger partial charge in [0, 0.05) is 25.2 Å². The summed E-state index contributed by atoms with van der Waals surface area (Å²) in [5, 5.41) is 0. The molecule has 1 fully saturated rings. The van der Waals surface area contributed by atoms with Gasteiger partial charge in [0.25, 0.3) is 0 Å². The number of carbonyl (C=O) groups is 2. The Morgan fingerprint density at radius 3 is 2.33 bits per heavy atom. The molecule has 1 atom stereocenters. The molecule has 6 heteroatoms. The lowest BCUT2D eigenvalue weighted by molar-refractivity contribution is -0.140. The van der Waals surface area contributed by atoms with E-state index in [2.05, 4.69) is 18.7 Å². The predicted octanol–water partition coefficient (Wildman–Crippen LogP) is 2.18. The van der Waals surface area contributed by atoms with Crippen LogP contribution in [0.5, 0.6) is 0 Å². The summed E-state index contributed by atoms with van der Waals surface area (Å²) in [7, 11) is 0. The standard InChI is InChI=1S/C18H31NO5/c1-3-16(2)8-13-24-18(21)7-6-17(20)23-12-5-4-9-19-10-14-22-15-11-19/h6-7,16H,3-5,8-15H2,1-2H3/b7-6+. The molecule has 0 aliphatic carbocycles. The third kappa shape index (κ3) is 10.4. The number of hydrogen-bond donors (Lipinski definition) is 0. The summed E-state index contributed by atoms with van der Waals surface area (Å²) in [6.07, 6.45) is 5.96. The Morgan fingerprint density at radius 2 is 1.71 bits per heavy atom. The van der Waals surface area contributed by atoms with Gasteiger partial charge in [0.05, 0.1) is 26.4 Å². The minimum Gasteiger partial charge on any atom is -0.463 e. The molecule has 0 aromatic heterocycles. The van der Waals surface area contributed by atoms with Crippen molar-refractivity contribution in [3.05, 3.63) is 12.2 Å². The first-order chi connectivity index (χ1) is 11.6. The Hall–Kier alpha value is -1.40. The van der Waals surface area contributed by atoms with E-state index in [1.165, 1.54) is 0 Å². The van der Waals surface area contributed by atoms with Crippen LogP contribution in [-0.2, 0) is 23.8 Å². The highest BCUT2D eigenvalue weighted by Crippen LogP contribution is 2.06. The highest BCUT2D eigenvalue weighted by Gasteiger charge is 2.09. The number of esters is 2. The average molecular weight is 341 g/mol. The minimum atomic E-state index is -0.500. The molecular formula is C18H31NO5. The second-order valence-electron chi connectivity index (χ2n) is 6.13. The topological polar surface area (TPSA) is 65.1 Å². The fourth-order valence-corrected chi connectivity index (χ4v) is 2.23. The van der Waals surface area contributed by atoms with E-state index >= 15 is 0 Å². The summed E-state index contributed by atoms with van der Waals surface area (Å²) >= 11 is 0. The summed E-state index contributed by atoms with van der Waals surface area (Å²) in [5.74, 6) is -0.466. The predicted molar refractivity (Wildman–Crippen MR) is 91.6 cm³/mol. The highest BCUT2D eigenvalue weighted by molar-refractivity contribution is 5.91. The highest BCUT2D eigenvalue weighted by atomic mass is 16.5. The molecule has 0 saturated carbocycles. The molecule has 138 valence electrons. The Balaban J connectivity index is 2.00. The molecule has 0 bridgehead atoms. The molecule has 1 unspecified atom stereocenters. The smallest absolute Gasteiger partial charge is 0.331 e. The van der Waals surface area contributed by atoms with Crippen molar-refractivity contribution in [2.24, 2.45) is 5.92 Å². The van der Waals surface area contributed by atoms with Crippen LogP contribution in [0.15, 0.2) is 12.2 Å². The van der Waals surface area contributed by atoms with Gasteiger partial charge < -0.3 is 14.2 Å². The fraction of sp³-hybridized carbons (Fsp3) is 0.778. The molecular weight excluding hydrogens is 310 g/mol. The zero-order valence-corrected chi connectivity index (χ0v) is 15.0. The third-order valence-electron chi connectivity index (χ3n) is 4.12. The molecule has 0 aromatic rings. The van der Waals surface area contributed by atoms with Crippen molar-refractivity contribution in [2.45, 2.75) is 39.5 Å². The van der Waals surface area contributed by atoms with Crippen molar-refractivity contribution < 1.29 is 23.8 Å². The SMILES string of the molecule is CCC(C)CCOC(=O)/C=C/C(=O)OCCCCN1CCOCC1. The van der Waals surface area contributed by atoms with Gasteiger partial charge in [0.2, 0.25) is 0 Å². The molecule has 0 amide bonds. The number of unbranched alkanes of at least 4 members (excludes halogenated alkanes) is 1. The summed E-state index contributed by atoms with van der Waals surface area (Å²) in [5.41, 5.74) is 0. The normalized spacial score (nSPS) is 16.9. The van der Waals surface area contributed by atoms with E-state index in [9.17, 15) is 9.59 Å². The molecule has 24 heavy (non-hydrogen) atoms. The van der Waals surface area contributed by atoms with Crippen molar-refractivity contribution in [2.75, 3.05) is 46.1 Å². The Kier molecular flexibility index (Phi) is 11.1. The zero-order chi connectivity index (χ0) is 17.6. The quantitative estimate of drug-likeness (QED) is 0.326. The number of carbonyl (C=O) groups excluding carboxylic acids is 2. The first-order valence-corrected chi connectivity index (χ1v) is 8.93. The van der Waals surface area contributed by atoms with Crippen LogP contribution >= 0.6 is 0 Å². The van der Waals surface area contributed by atoms with Gasteiger partial charge in [-0.05, 0) is 31.7 Å². The second-order valence-corrected chi connectivity index (χ2v) is 6.13. The molecule has 6 nitrogen and oxygen atoms in total.